The third kappa shape index (κ3) is 7.39. The fraction of sp³-hybridized carbons (Fsp3) is 0.208. The summed E-state index contributed by atoms with van der Waals surface area (Å²) in [6.45, 7) is 12.6. The molecule has 6 heteroatoms. The van der Waals surface area contributed by atoms with Crippen molar-refractivity contribution < 1.29 is 26.3 Å². The molecule has 0 nitrogen and oxygen atoms in total. The van der Waals surface area contributed by atoms with E-state index in [2.05, 4.69) is 84.0 Å². The van der Waals surface area contributed by atoms with Gasteiger partial charge in [0.15, 0.2) is 0 Å². The summed E-state index contributed by atoms with van der Waals surface area (Å²) in [5.74, 6) is 0. The van der Waals surface area contributed by atoms with Gasteiger partial charge in [0, 0.05) is 0 Å². The molecule has 0 unspecified atom stereocenters. The summed E-state index contributed by atoms with van der Waals surface area (Å²) < 4.78 is 87.6. The van der Waals surface area contributed by atoms with E-state index in [4.69, 9.17) is 0 Å². The second kappa shape index (κ2) is 14.4. The molecule has 0 N–H and O–H groups in total. The maximum Gasteiger partial charge on any atom is 0.416 e. The van der Waals surface area contributed by atoms with E-state index in [0.29, 0.717) is 11.6 Å². The number of fused-ring (bicyclic) bond motifs is 2. The third-order valence-corrected chi connectivity index (χ3v) is 11.2. The van der Waals surface area contributed by atoms with Crippen LogP contribution in [0.4, 0.5) is 26.3 Å². The van der Waals surface area contributed by atoms with Gasteiger partial charge in [-0.05, 0) is 147 Å². The molecule has 0 saturated carbocycles. The smallest absolute Gasteiger partial charge is 0.166 e. The zero-order valence-corrected chi connectivity index (χ0v) is 33.8. The van der Waals surface area contributed by atoms with E-state index in [1.807, 2.05) is 54.6 Å². The predicted octanol–water partition coefficient (Wildman–Crippen LogP) is 13.5. The van der Waals surface area contributed by atoms with Crippen molar-refractivity contribution in [2.75, 3.05) is 0 Å². The molecular formula is C53H43F6. The molecule has 0 saturated heterocycles. The predicted molar refractivity (Wildman–Crippen MR) is 227 cm³/mol. The molecule has 0 amide bonds. The topological polar surface area (TPSA) is 0 Å². The Bertz CT molecular complexity index is 2850. The molecule has 59 heavy (non-hydrogen) atoms. The highest BCUT2D eigenvalue weighted by molar-refractivity contribution is 5.94. The van der Waals surface area contributed by atoms with Gasteiger partial charge in [0.2, 0.25) is 0 Å². The van der Waals surface area contributed by atoms with Crippen LogP contribution in [0.2, 0.25) is 0 Å². The van der Waals surface area contributed by atoms with Crippen LogP contribution in [-0.2, 0) is 23.2 Å². The Kier molecular flexibility index (Phi) is 9.77. The minimum Gasteiger partial charge on any atom is -0.166 e. The minimum absolute atomic E-state index is 0.158. The number of allylic oxidation sites excluding steroid dienone is 4. The molecule has 1 radical (unpaired) electrons. The van der Waals surface area contributed by atoms with Gasteiger partial charge in [0.1, 0.15) is 0 Å². The van der Waals surface area contributed by atoms with E-state index in [1.54, 1.807) is 12.1 Å². The van der Waals surface area contributed by atoms with Crippen molar-refractivity contribution in [2.45, 2.75) is 71.1 Å². The lowest BCUT2D eigenvalue weighted by atomic mass is 9.73. The van der Waals surface area contributed by atoms with Crippen LogP contribution in [0.3, 0.4) is 0 Å². The highest BCUT2D eigenvalue weighted by Crippen LogP contribution is 2.44. The number of alkyl halides is 6. The lowest BCUT2D eigenvalue weighted by Gasteiger charge is -2.30. The number of hydrogen-bond acceptors (Lipinski definition) is 0. The number of hydrogen-bond donors (Lipinski definition) is 0. The Labute approximate surface area is 340 Å². The first-order valence-electron chi connectivity index (χ1n) is 19.7. The average Bonchev–Trinajstić information content (AvgIpc) is 3.85. The first kappa shape index (κ1) is 39.9. The van der Waals surface area contributed by atoms with Crippen LogP contribution < -0.4 is 10.4 Å². The highest BCUT2D eigenvalue weighted by atomic mass is 19.4. The summed E-state index contributed by atoms with van der Waals surface area (Å²) in [6.07, 6.45) is 1.29. The first-order chi connectivity index (χ1) is 27.8. The lowest BCUT2D eigenvalue weighted by Crippen LogP contribution is -2.30. The fourth-order valence-electron chi connectivity index (χ4n) is 8.67. The zero-order valence-electron chi connectivity index (χ0n) is 33.8. The van der Waals surface area contributed by atoms with E-state index in [-0.39, 0.29) is 22.1 Å². The van der Waals surface area contributed by atoms with E-state index >= 15 is 0 Å². The lowest BCUT2D eigenvalue weighted by molar-refractivity contribution is -0.138. The van der Waals surface area contributed by atoms with Gasteiger partial charge in [0.25, 0.3) is 0 Å². The molecule has 0 aliphatic heterocycles. The molecule has 0 atom stereocenters. The largest absolute Gasteiger partial charge is 0.416 e. The standard InChI is InChI=1S/C53H43F6/c1-50(2,3)43-31-41-37(29-40(43)32-17-9-7-10-18-32)30-42-45(33-21-13-14-22-33)46(34-19-11-8-12-20-34)49(51(4,5)6)48(47(41)42)44(35-23-15-25-38(27-35)52(54,55)56)36-24-16-26-39(28-36)53(57,58)59/h7-21,23-29,31H,22H2,1-6H3. The van der Waals surface area contributed by atoms with Crippen molar-refractivity contribution in [3.63, 3.8) is 0 Å². The van der Waals surface area contributed by atoms with Crippen LogP contribution in [0.15, 0.2) is 140 Å². The summed E-state index contributed by atoms with van der Waals surface area (Å²) in [6, 6.07) is 34.3. The summed E-state index contributed by atoms with van der Waals surface area (Å²) in [5.41, 5.74) is 6.22. The Morgan fingerprint density at radius 2 is 1.14 bits per heavy atom. The monoisotopic (exact) mass is 793 g/mol. The van der Waals surface area contributed by atoms with Gasteiger partial charge >= 0.3 is 12.4 Å². The SMILES string of the molecule is CC(C)(C)c1cc2c(cc1-c1ccccc1)=[C]c1c(C3=CC=CC3)c(-c3ccccc3)c(C(C)(C)C)c(=C(c3cccc(C(F)(F)F)c3)c3cccc(C(F)(F)F)c3)c1=2. The summed E-state index contributed by atoms with van der Waals surface area (Å²) in [7, 11) is 0. The Morgan fingerprint density at radius 1 is 0.576 bits per heavy atom. The molecule has 297 valence electrons. The van der Waals surface area contributed by atoms with E-state index in [0.717, 1.165) is 90.0 Å². The Morgan fingerprint density at radius 3 is 1.63 bits per heavy atom. The van der Waals surface area contributed by atoms with Crippen molar-refractivity contribution in [1.29, 1.82) is 0 Å². The molecule has 0 bridgehead atoms. The van der Waals surface area contributed by atoms with Crippen molar-refractivity contribution in [2.24, 2.45) is 0 Å². The van der Waals surface area contributed by atoms with Gasteiger partial charge in [-0.15, -0.1) is 0 Å². The summed E-state index contributed by atoms with van der Waals surface area (Å²) in [5, 5.41) is 2.95. The van der Waals surface area contributed by atoms with Crippen molar-refractivity contribution in [3.05, 3.63) is 205 Å². The van der Waals surface area contributed by atoms with Gasteiger partial charge in [-0.1, -0.05) is 145 Å². The van der Waals surface area contributed by atoms with E-state index < -0.39 is 28.9 Å². The highest BCUT2D eigenvalue weighted by Gasteiger charge is 2.35. The van der Waals surface area contributed by atoms with Crippen molar-refractivity contribution in [1.82, 2.24) is 0 Å². The molecule has 0 spiro atoms. The summed E-state index contributed by atoms with van der Waals surface area (Å²) >= 11 is 0. The fourth-order valence-corrected chi connectivity index (χ4v) is 8.67. The number of benzene rings is 6. The molecule has 0 heterocycles. The molecular weight excluding hydrogens is 751 g/mol. The zero-order chi connectivity index (χ0) is 42.1. The minimum atomic E-state index is -4.70. The van der Waals surface area contributed by atoms with Crippen LogP contribution in [0, 0.1) is 10.4 Å². The van der Waals surface area contributed by atoms with Gasteiger partial charge in [-0.2, -0.15) is 26.3 Å². The third-order valence-electron chi connectivity index (χ3n) is 11.2. The van der Waals surface area contributed by atoms with Crippen LogP contribution >= 0.6 is 0 Å². The van der Waals surface area contributed by atoms with Crippen LogP contribution in [0.25, 0.3) is 39.5 Å². The van der Waals surface area contributed by atoms with Gasteiger partial charge < -0.3 is 0 Å². The van der Waals surface area contributed by atoms with Gasteiger partial charge in [-0.25, -0.2) is 0 Å². The molecule has 6 aromatic carbocycles. The normalized spacial score (nSPS) is 13.9. The van der Waals surface area contributed by atoms with E-state index in [1.165, 1.54) is 12.1 Å². The summed E-state index contributed by atoms with van der Waals surface area (Å²) in [4.78, 5) is 0. The Balaban J connectivity index is 1.75. The van der Waals surface area contributed by atoms with Gasteiger partial charge in [-0.3, -0.25) is 0 Å². The van der Waals surface area contributed by atoms with Crippen molar-refractivity contribution in [3.8, 4) is 22.3 Å². The first-order valence-corrected chi connectivity index (χ1v) is 19.7. The Hall–Kier alpha value is -5.88. The second-order valence-corrected chi connectivity index (χ2v) is 17.4. The quantitative estimate of drug-likeness (QED) is 0.152. The molecule has 0 fully saturated rings. The maximum absolute atomic E-state index is 14.6. The molecule has 2 aliphatic rings. The molecule has 0 aromatic heterocycles. The maximum atomic E-state index is 14.6. The molecule has 6 aromatic rings. The number of rotatable bonds is 5. The van der Waals surface area contributed by atoms with Crippen LogP contribution in [-0.4, -0.2) is 0 Å². The molecule has 2 aliphatic carbocycles. The van der Waals surface area contributed by atoms with Crippen molar-refractivity contribution >= 4 is 17.2 Å². The van der Waals surface area contributed by atoms with Gasteiger partial charge in [0.05, 0.1) is 11.1 Å². The molecule has 8 rings (SSSR count). The average molecular weight is 794 g/mol. The van der Waals surface area contributed by atoms with E-state index in [9.17, 15) is 26.3 Å². The van der Waals surface area contributed by atoms with Crippen LogP contribution in [0.5, 0.6) is 0 Å². The second-order valence-electron chi connectivity index (χ2n) is 17.4. The van der Waals surface area contributed by atoms with Crippen LogP contribution in [0.1, 0.15) is 92.5 Å². The number of halogens is 6.